The highest BCUT2D eigenvalue weighted by atomic mass is 32.2. The van der Waals surface area contributed by atoms with Crippen LogP contribution in [-0.4, -0.2) is 42.2 Å². The Hall–Kier alpha value is -2.37. The van der Waals surface area contributed by atoms with E-state index in [1.165, 1.54) is 11.0 Å². The van der Waals surface area contributed by atoms with Gasteiger partial charge in [0.2, 0.25) is 5.91 Å². The molecule has 3 nitrogen and oxygen atoms in total. The maximum atomic E-state index is 14.4. The normalized spacial score (nSPS) is 15.3. The lowest BCUT2D eigenvalue weighted by atomic mass is 9.92. The molecule has 35 heavy (non-hydrogen) atoms. The molecule has 5 heteroatoms. The van der Waals surface area contributed by atoms with Gasteiger partial charge in [0, 0.05) is 23.5 Å². The van der Waals surface area contributed by atoms with Crippen molar-refractivity contribution in [2.24, 2.45) is 5.92 Å². The van der Waals surface area contributed by atoms with Crippen molar-refractivity contribution in [2.45, 2.75) is 64.9 Å². The molecule has 1 amide bonds. The topological polar surface area (TPSA) is 32.3 Å². The predicted octanol–water partition coefficient (Wildman–Crippen LogP) is 7.14. The van der Waals surface area contributed by atoms with Crippen LogP contribution in [0.3, 0.4) is 0 Å². The summed E-state index contributed by atoms with van der Waals surface area (Å²) in [5.74, 6) is -0.541. The second-order valence-electron chi connectivity index (χ2n) is 9.87. The summed E-state index contributed by atoms with van der Waals surface area (Å²) in [4.78, 5) is 16.9. The highest BCUT2D eigenvalue weighted by Crippen LogP contribution is 2.46. The lowest BCUT2D eigenvalue weighted by Crippen LogP contribution is -2.42. The van der Waals surface area contributed by atoms with E-state index < -0.39 is 0 Å². The molecule has 0 aromatic heterocycles. The van der Waals surface area contributed by atoms with Crippen molar-refractivity contribution in [1.29, 1.82) is 0 Å². The van der Waals surface area contributed by atoms with E-state index in [0.29, 0.717) is 12.6 Å². The van der Waals surface area contributed by atoms with Crippen LogP contribution in [0.15, 0.2) is 52.9 Å². The Labute approximate surface area is 214 Å². The maximum absolute atomic E-state index is 14.4. The number of hydrogen-bond acceptors (Lipinski definition) is 3. The molecule has 2 aromatic carbocycles. The second-order valence-corrected chi connectivity index (χ2v) is 10.7. The zero-order chi connectivity index (χ0) is 25.7. The number of nitrogens with one attached hydrogen (secondary N) is 1. The van der Waals surface area contributed by atoms with E-state index in [0.717, 1.165) is 46.4 Å². The summed E-state index contributed by atoms with van der Waals surface area (Å²) in [7, 11) is 0. The number of fused-ring (bicyclic) bond motifs is 1. The molecule has 0 spiro atoms. The molecule has 0 saturated carbocycles. The molecule has 188 valence electrons. The van der Waals surface area contributed by atoms with Gasteiger partial charge in [-0.05, 0) is 111 Å². The van der Waals surface area contributed by atoms with Crippen LogP contribution in [0.4, 0.5) is 4.39 Å². The molecule has 0 saturated heterocycles. The molecule has 1 aliphatic carbocycles. The van der Waals surface area contributed by atoms with Gasteiger partial charge in [0.1, 0.15) is 5.82 Å². The van der Waals surface area contributed by atoms with Gasteiger partial charge in [-0.25, -0.2) is 4.39 Å². The van der Waals surface area contributed by atoms with Crippen LogP contribution >= 0.6 is 11.8 Å². The van der Waals surface area contributed by atoms with Crippen LogP contribution in [0.2, 0.25) is 0 Å². The van der Waals surface area contributed by atoms with Crippen molar-refractivity contribution in [3.63, 3.8) is 0 Å². The van der Waals surface area contributed by atoms with Crippen molar-refractivity contribution in [3.8, 4) is 0 Å². The minimum absolute atomic E-state index is 0.0969. The molecular formula is C30H39FN2OS. The van der Waals surface area contributed by atoms with Crippen molar-refractivity contribution >= 4 is 34.9 Å². The molecule has 1 N–H and O–H groups in total. The largest absolute Gasteiger partial charge is 0.340 e. The molecule has 0 bridgehead atoms. The monoisotopic (exact) mass is 494 g/mol. The number of rotatable bonds is 10. The molecule has 3 rings (SSSR count). The van der Waals surface area contributed by atoms with E-state index in [1.54, 1.807) is 17.8 Å². The smallest absolute Gasteiger partial charge is 0.230 e. The lowest BCUT2D eigenvalue weighted by Gasteiger charge is -2.30. The zero-order valence-corrected chi connectivity index (χ0v) is 22.9. The molecule has 1 atom stereocenters. The second kappa shape index (κ2) is 12.0. The average Bonchev–Trinajstić information content (AvgIpc) is 3.08. The molecule has 0 heterocycles. The van der Waals surface area contributed by atoms with Crippen LogP contribution < -0.4 is 5.32 Å². The van der Waals surface area contributed by atoms with Gasteiger partial charge in [-0.2, -0.15) is 0 Å². The summed E-state index contributed by atoms with van der Waals surface area (Å²) in [6, 6.07) is 13.9. The van der Waals surface area contributed by atoms with Gasteiger partial charge in [0.25, 0.3) is 0 Å². The summed E-state index contributed by atoms with van der Waals surface area (Å²) in [5.41, 5.74) is 5.95. The Morgan fingerprint density at radius 1 is 1.06 bits per heavy atom. The molecule has 1 unspecified atom stereocenters. The third-order valence-electron chi connectivity index (χ3n) is 6.64. The average molecular weight is 495 g/mol. The van der Waals surface area contributed by atoms with Gasteiger partial charge >= 0.3 is 0 Å². The van der Waals surface area contributed by atoms with Gasteiger partial charge < -0.3 is 10.2 Å². The first-order valence-electron chi connectivity index (χ1n) is 12.5. The molecule has 0 aliphatic heterocycles. The Balaban J connectivity index is 1.95. The van der Waals surface area contributed by atoms with Crippen LogP contribution in [0.5, 0.6) is 0 Å². The van der Waals surface area contributed by atoms with Gasteiger partial charge in [0.15, 0.2) is 0 Å². The quantitative estimate of drug-likeness (QED) is 0.281. The van der Waals surface area contributed by atoms with Crippen molar-refractivity contribution in [1.82, 2.24) is 10.2 Å². The minimum atomic E-state index is -0.360. The molecular weight excluding hydrogens is 455 g/mol. The predicted molar refractivity (Wildman–Crippen MR) is 149 cm³/mol. The summed E-state index contributed by atoms with van der Waals surface area (Å²) in [5, 5.41) is 3.43. The maximum Gasteiger partial charge on any atom is 0.230 e. The summed E-state index contributed by atoms with van der Waals surface area (Å²) in [6.45, 7) is 14.0. The highest BCUT2D eigenvalue weighted by Gasteiger charge is 2.33. The van der Waals surface area contributed by atoms with E-state index in [2.05, 4.69) is 76.5 Å². The number of carbonyl (C=O) groups excluding carboxylic acids is 1. The first-order chi connectivity index (χ1) is 16.6. The fraction of sp³-hybridized carbons (Fsp3) is 0.433. The third-order valence-corrected chi connectivity index (χ3v) is 7.38. The zero-order valence-electron chi connectivity index (χ0n) is 22.1. The van der Waals surface area contributed by atoms with Gasteiger partial charge in [-0.1, -0.05) is 32.0 Å². The van der Waals surface area contributed by atoms with Gasteiger partial charge in [-0.15, -0.1) is 11.8 Å². The van der Waals surface area contributed by atoms with E-state index in [-0.39, 0.29) is 23.7 Å². The Morgan fingerprint density at radius 2 is 1.74 bits per heavy atom. The van der Waals surface area contributed by atoms with E-state index in [4.69, 9.17) is 0 Å². The Bertz CT molecular complexity index is 1100. The third kappa shape index (κ3) is 6.45. The van der Waals surface area contributed by atoms with E-state index in [1.807, 2.05) is 17.9 Å². The number of nitrogens with zero attached hydrogens (tertiary/aromatic N) is 1. The van der Waals surface area contributed by atoms with Gasteiger partial charge in [0.05, 0.1) is 5.92 Å². The highest BCUT2D eigenvalue weighted by molar-refractivity contribution is 7.98. The molecule has 1 aliphatic rings. The van der Waals surface area contributed by atoms with Crippen LogP contribution in [0, 0.1) is 11.7 Å². The van der Waals surface area contributed by atoms with Crippen LogP contribution in [0.1, 0.15) is 64.7 Å². The fourth-order valence-electron chi connectivity index (χ4n) is 4.77. The fourth-order valence-corrected chi connectivity index (χ4v) is 5.18. The number of thioether (sulfide) groups is 1. The van der Waals surface area contributed by atoms with E-state index in [9.17, 15) is 9.18 Å². The first kappa shape index (κ1) is 27.2. The van der Waals surface area contributed by atoms with Crippen LogP contribution in [-0.2, 0) is 4.79 Å². The molecule has 0 fully saturated rings. The van der Waals surface area contributed by atoms with Crippen LogP contribution in [0.25, 0.3) is 17.2 Å². The molecule has 2 aromatic rings. The number of carbonyl (C=O) groups is 1. The lowest BCUT2D eigenvalue weighted by molar-refractivity contribution is -0.135. The minimum Gasteiger partial charge on any atom is -0.340 e. The summed E-state index contributed by atoms with van der Waals surface area (Å²) in [6.07, 6.45) is 5.11. The SMILES string of the molecule is CSc1ccc(/C=C2/C(C)=C(C(C)C(=O)N(CCCNC(C)C)C(C)C)c3cc(F)ccc32)cc1. The number of halogens is 1. The van der Waals surface area contributed by atoms with E-state index >= 15 is 0 Å². The van der Waals surface area contributed by atoms with Gasteiger partial charge in [-0.3, -0.25) is 4.79 Å². The molecule has 0 radical (unpaired) electrons. The van der Waals surface area contributed by atoms with Crippen molar-refractivity contribution < 1.29 is 9.18 Å². The van der Waals surface area contributed by atoms with Crippen molar-refractivity contribution in [2.75, 3.05) is 19.3 Å². The summed E-state index contributed by atoms with van der Waals surface area (Å²) >= 11 is 1.71. The Kier molecular flexibility index (Phi) is 9.37. The standard InChI is InChI=1S/C30H39FN2OS/c1-19(2)32-15-8-16-33(20(3)4)30(34)22(6)29-21(5)27(26-14-11-24(31)18-28(26)29)17-23-9-12-25(35-7)13-10-23/h9-14,17-20,22,32H,8,15-16H2,1-7H3/b27-17-. The first-order valence-corrected chi connectivity index (χ1v) is 13.8. The number of benzene rings is 2. The number of allylic oxidation sites excluding steroid dienone is 2. The number of hydrogen-bond donors (Lipinski definition) is 1. The Morgan fingerprint density at radius 3 is 2.34 bits per heavy atom. The summed E-state index contributed by atoms with van der Waals surface area (Å²) < 4.78 is 14.4. The number of amides is 1. The van der Waals surface area contributed by atoms with Crippen molar-refractivity contribution in [3.05, 3.63) is 70.5 Å².